The van der Waals surface area contributed by atoms with E-state index in [2.05, 4.69) is 10.3 Å². The largest absolute Gasteiger partial charge is 0.444 e. The number of ether oxygens (including phenoxy) is 1. The first-order valence-corrected chi connectivity index (χ1v) is 8.94. The summed E-state index contributed by atoms with van der Waals surface area (Å²) in [5.74, 6) is 0.343. The SMILES string of the molecule is CCOC1CC(N)(C(=O)Nc2ccc(C)c(-c3nc(C)co3)c2)C1(C)C.Cl. The van der Waals surface area contributed by atoms with Gasteiger partial charge >= 0.3 is 0 Å². The molecule has 2 unspecified atom stereocenters. The van der Waals surface area contributed by atoms with Crippen LogP contribution >= 0.6 is 12.4 Å². The van der Waals surface area contributed by atoms with E-state index in [0.29, 0.717) is 24.6 Å². The smallest absolute Gasteiger partial charge is 0.245 e. The minimum absolute atomic E-state index is 0. The molecular formula is C20H28ClN3O3. The van der Waals surface area contributed by atoms with Crippen molar-refractivity contribution in [1.82, 2.24) is 4.98 Å². The van der Waals surface area contributed by atoms with Crippen molar-refractivity contribution in [3.8, 4) is 11.5 Å². The van der Waals surface area contributed by atoms with E-state index < -0.39 is 11.0 Å². The van der Waals surface area contributed by atoms with Gasteiger partial charge in [-0.15, -0.1) is 12.4 Å². The first-order valence-electron chi connectivity index (χ1n) is 8.94. The van der Waals surface area contributed by atoms with Crippen LogP contribution in [-0.4, -0.2) is 29.1 Å². The van der Waals surface area contributed by atoms with Crippen LogP contribution in [0.25, 0.3) is 11.5 Å². The summed E-state index contributed by atoms with van der Waals surface area (Å²) in [4.78, 5) is 17.3. The Kier molecular flexibility index (Phi) is 6.04. The van der Waals surface area contributed by atoms with Gasteiger partial charge in [0.1, 0.15) is 11.8 Å². The topological polar surface area (TPSA) is 90.4 Å². The predicted molar refractivity (Wildman–Crippen MR) is 108 cm³/mol. The Morgan fingerprint density at radius 2 is 2.11 bits per heavy atom. The van der Waals surface area contributed by atoms with Crippen molar-refractivity contribution in [3.63, 3.8) is 0 Å². The van der Waals surface area contributed by atoms with Gasteiger partial charge in [0.05, 0.1) is 11.8 Å². The second-order valence-electron chi connectivity index (χ2n) is 7.62. The molecule has 0 aliphatic heterocycles. The number of aryl methyl sites for hydroxylation is 2. The molecular weight excluding hydrogens is 366 g/mol. The lowest BCUT2D eigenvalue weighted by Gasteiger charge is -2.57. The van der Waals surface area contributed by atoms with Crippen molar-refractivity contribution >= 4 is 24.0 Å². The Morgan fingerprint density at radius 1 is 1.41 bits per heavy atom. The molecule has 1 aromatic heterocycles. The zero-order valence-corrected chi connectivity index (χ0v) is 17.3. The van der Waals surface area contributed by atoms with Crippen LogP contribution in [0, 0.1) is 19.3 Å². The first kappa shape index (κ1) is 21.4. The van der Waals surface area contributed by atoms with E-state index in [1.54, 1.807) is 6.26 Å². The van der Waals surface area contributed by atoms with Gasteiger partial charge in [0, 0.05) is 29.7 Å². The molecule has 2 aromatic rings. The van der Waals surface area contributed by atoms with Gasteiger partial charge in [0.25, 0.3) is 0 Å². The van der Waals surface area contributed by atoms with Gasteiger partial charge in [-0.2, -0.15) is 0 Å². The highest BCUT2D eigenvalue weighted by atomic mass is 35.5. The number of benzene rings is 1. The van der Waals surface area contributed by atoms with Crippen LogP contribution in [0.15, 0.2) is 28.9 Å². The van der Waals surface area contributed by atoms with Gasteiger partial charge in [-0.1, -0.05) is 19.9 Å². The Bertz CT molecular complexity index is 834. The molecule has 3 N–H and O–H groups in total. The molecule has 1 aromatic carbocycles. The second kappa shape index (κ2) is 7.62. The molecule has 27 heavy (non-hydrogen) atoms. The van der Waals surface area contributed by atoms with Crippen molar-refractivity contribution < 1.29 is 13.9 Å². The Labute approximate surface area is 166 Å². The fourth-order valence-electron chi connectivity index (χ4n) is 3.47. The Morgan fingerprint density at radius 3 is 2.67 bits per heavy atom. The number of nitrogens with two attached hydrogens (primary N) is 1. The lowest BCUT2D eigenvalue weighted by atomic mass is 9.54. The molecule has 2 atom stereocenters. The summed E-state index contributed by atoms with van der Waals surface area (Å²) in [5, 5.41) is 2.96. The number of halogens is 1. The average molecular weight is 394 g/mol. The maximum absolute atomic E-state index is 12.9. The van der Waals surface area contributed by atoms with Crippen LogP contribution in [-0.2, 0) is 9.53 Å². The van der Waals surface area contributed by atoms with E-state index in [1.807, 2.05) is 52.8 Å². The van der Waals surface area contributed by atoms with Gasteiger partial charge in [0.15, 0.2) is 0 Å². The van der Waals surface area contributed by atoms with Crippen LogP contribution in [0.2, 0.25) is 0 Å². The fraction of sp³-hybridized carbons (Fsp3) is 0.500. The summed E-state index contributed by atoms with van der Waals surface area (Å²) < 4.78 is 11.2. The van der Waals surface area contributed by atoms with Crippen LogP contribution in [0.1, 0.15) is 38.4 Å². The van der Waals surface area contributed by atoms with E-state index in [0.717, 1.165) is 16.8 Å². The average Bonchev–Trinajstić information content (AvgIpc) is 3.02. The second-order valence-corrected chi connectivity index (χ2v) is 7.62. The zero-order chi connectivity index (χ0) is 19.1. The number of oxazole rings is 1. The third-order valence-corrected chi connectivity index (χ3v) is 5.58. The van der Waals surface area contributed by atoms with Crippen molar-refractivity contribution in [2.24, 2.45) is 11.1 Å². The number of nitrogens with zero attached hydrogens (tertiary/aromatic N) is 1. The van der Waals surface area contributed by atoms with E-state index >= 15 is 0 Å². The number of hydrogen-bond acceptors (Lipinski definition) is 5. The van der Waals surface area contributed by atoms with Gasteiger partial charge in [0.2, 0.25) is 11.8 Å². The lowest BCUT2D eigenvalue weighted by Crippen LogP contribution is -2.74. The molecule has 1 amide bonds. The monoisotopic (exact) mass is 393 g/mol. The van der Waals surface area contributed by atoms with Crippen LogP contribution in [0.5, 0.6) is 0 Å². The fourth-order valence-corrected chi connectivity index (χ4v) is 3.47. The van der Waals surface area contributed by atoms with Crippen LogP contribution in [0.4, 0.5) is 5.69 Å². The number of carbonyl (C=O) groups excluding carboxylic acids is 1. The number of amides is 1. The van der Waals surface area contributed by atoms with Gasteiger partial charge in [-0.05, 0) is 38.5 Å². The minimum atomic E-state index is -0.961. The summed E-state index contributed by atoms with van der Waals surface area (Å²) in [6.07, 6.45) is 2.11. The molecule has 0 saturated heterocycles. The molecule has 0 spiro atoms. The van der Waals surface area contributed by atoms with Crippen molar-refractivity contribution in [3.05, 3.63) is 35.7 Å². The van der Waals surface area contributed by atoms with Gasteiger partial charge in [-0.3, -0.25) is 4.79 Å². The molecule has 1 aliphatic rings. The normalized spacial score (nSPS) is 23.3. The summed E-state index contributed by atoms with van der Waals surface area (Å²) >= 11 is 0. The maximum Gasteiger partial charge on any atom is 0.245 e. The number of anilines is 1. The van der Waals surface area contributed by atoms with Crippen LogP contribution in [0.3, 0.4) is 0 Å². The summed E-state index contributed by atoms with van der Waals surface area (Å²) in [5.41, 5.74) is 8.42. The van der Waals surface area contributed by atoms with E-state index in [1.165, 1.54) is 0 Å². The summed E-state index contributed by atoms with van der Waals surface area (Å²) in [6.45, 7) is 10.4. The molecule has 0 bridgehead atoms. The van der Waals surface area contributed by atoms with Gasteiger partial charge < -0.3 is 20.2 Å². The maximum atomic E-state index is 12.9. The molecule has 1 aliphatic carbocycles. The molecule has 1 saturated carbocycles. The quantitative estimate of drug-likeness (QED) is 0.805. The minimum Gasteiger partial charge on any atom is -0.444 e. The molecule has 6 nitrogen and oxygen atoms in total. The Balaban J connectivity index is 0.00000261. The molecule has 3 rings (SSSR count). The van der Waals surface area contributed by atoms with E-state index in [4.69, 9.17) is 14.9 Å². The van der Waals surface area contributed by atoms with Crippen molar-refractivity contribution in [2.45, 2.75) is 52.7 Å². The molecule has 1 heterocycles. The number of nitrogens with one attached hydrogen (secondary N) is 1. The number of hydrogen-bond donors (Lipinski definition) is 2. The van der Waals surface area contributed by atoms with Crippen LogP contribution < -0.4 is 11.1 Å². The summed E-state index contributed by atoms with van der Waals surface area (Å²) in [7, 11) is 0. The highest BCUT2D eigenvalue weighted by Gasteiger charge is 2.62. The Hall–Kier alpha value is -1.89. The molecule has 1 fully saturated rings. The highest BCUT2D eigenvalue weighted by Crippen LogP contribution is 2.50. The summed E-state index contributed by atoms with van der Waals surface area (Å²) in [6, 6.07) is 5.66. The van der Waals surface area contributed by atoms with Crippen molar-refractivity contribution in [1.29, 1.82) is 0 Å². The van der Waals surface area contributed by atoms with E-state index in [9.17, 15) is 4.79 Å². The zero-order valence-electron chi connectivity index (χ0n) is 16.5. The van der Waals surface area contributed by atoms with Crippen molar-refractivity contribution in [2.75, 3.05) is 11.9 Å². The standard InChI is InChI=1S/C20H27N3O3.ClH/c1-6-25-16-10-20(21,19(16,4)5)18(24)23-14-8-7-12(2)15(9-14)17-22-13(3)11-26-17;/h7-9,11,16H,6,10,21H2,1-5H3,(H,23,24);1H. The third kappa shape index (κ3) is 3.61. The van der Waals surface area contributed by atoms with Gasteiger partial charge in [-0.25, -0.2) is 4.98 Å². The number of aromatic nitrogens is 1. The number of carbonyl (C=O) groups is 1. The predicted octanol–water partition coefficient (Wildman–Crippen LogP) is 3.85. The molecule has 7 heteroatoms. The molecule has 148 valence electrons. The highest BCUT2D eigenvalue weighted by molar-refractivity contribution is 6.00. The third-order valence-electron chi connectivity index (χ3n) is 5.58. The number of rotatable bonds is 5. The lowest BCUT2D eigenvalue weighted by molar-refractivity contribution is -0.166. The van der Waals surface area contributed by atoms with E-state index in [-0.39, 0.29) is 24.4 Å². The first-order chi connectivity index (χ1) is 12.2. The molecule has 0 radical (unpaired) electrons.